The largest absolute Gasteiger partial charge is 0.336 e. The van der Waals surface area contributed by atoms with Crippen LogP contribution in [0.4, 0.5) is 14.5 Å². The highest BCUT2D eigenvalue weighted by molar-refractivity contribution is 7.80. The second-order valence-electron chi connectivity index (χ2n) is 3.89. The molecule has 1 heterocycles. The number of aliphatic imine (C=N–C) groups is 1. The topological polar surface area (TPSA) is 56.7 Å². The molecule has 0 bridgehead atoms. The van der Waals surface area contributed by atoms with E-state index < -0.39 is 11.6 Å². The van der Waals surface area contributed by atoms with Crippen molar-refractivity contribution in [2.75, 3.05) is 18.9 Å². The Kier molecular flexibility index (Phi) is 3.70. The number of thiocarbonyl (C=S) groups is 1. The first-order valence-electron chi connectivity index (χ1n) is 5.31. The van der Waals surface area contributed by atoms with Crippen LogP contribution in [0.25, 0.3) is 0 Å². The molecule has 1 fully saturated rings. The lowest BCUT2D eigenvalue weighted by Crippen LogP contribution is -2.29. The fourth-order valence-electron chi connectivity index (χ4n) is 1.49. The fourth-order valence-corrected chi connectivity index (χ4v) is 1.69. The molecule has 0 aliphatic carbocycles. The number of rotatable bonds is 1. The number of anilines is 1. The van der Waals surface area contributed by atoms with Crippen LogP contribution in [0.15, 0.2) is 23.2 Å². The molecule has 1 saturated heterocycles. The third-order valence-corrected chi connectivity index (χ3v) is 2.57. The van der Waals surface area contributed by atoms with Crippen molar-refractivity contribution < 1.29 is 13.6 Å². The van der Waals surface area contributed by atoms with Crippen LogP contribution in [0.1, 0.15) is 0 Å². The summed E-state index contributed by atoms with van der Waals surface area (Å²) in [5, 5.41) is 4.99. The van der Waals surface area contributed by atoms with Gasteiger partial charge in [0.2, 0.25) is 17.0 Å². The minimum Gasteiger partial charge on any atom is -0.336 e. The molecule has 0 atom stereocenters. The van der Waals surface area contributed by atoms with Gasteiger partial charge in [-0.3, -0.25) is 10.1 Å². The van der Waals surface area contributed by atoms with Gasteiger partial charge in [0.1, 0.15) is 11.6 Å². The highest BCUT2D eigenvalue weighted by atomic mass is 32.1. The van der Waals surface area contributed by atoms with Crippen molar-refractivity contribution in [3.63, 3.8) is 0 Å². The van der Waals surface area contributed by atoms with Gasteiger partial charge in [-0.1, -0.05) is 0 Å². The van der Waals surface area contributed by atoms with Gasteiger partial charge in [-0.25, -0.2) is 8.78 Å². The number of hydrogen-bond donors (Lipinski definition) is 2. The van der Waals surface area contributed by atoms with Crippen molar-refractivity contribution in [2.45, 2.75) is 0 Å². The lowest BCUT2D eigenvalue weighted by Gasteiger charge is -2.10. The summed E-state index contributed by atoms with van der Waals surface area (Å²) in [6, 6.07) is 3.06. The number of carbonyl (C=O) groups excluding carboxylic acids is 1. The van der Waals surface area contributed by atoms with Gasteiger partial charge in [0.25, 0.3) is 0 Å². The molecule has 0 radical (unpaired) electrons. The molecular weight excluding hydrogens is 274 g/mol. The minimum atomic E-state index is -0.772. The van der Waals surface area contributed by atoms with E-state index in [0.717, 1.165) is 12.1 Å². The zero-order valence-corrected chi connectivity index (χ0v) is 10.7. The Morgan fingerprint density at radius 3 is 2.84 bits per heavy atom. The van der Waals surface area contributed by atoms with Gasteiger partial charge in [0, 0.05) is 13.1 Å². The predicted octanol–water partition coefficient (Wildman–Crippen LogP) is 1.08. The molecule has 0 saturated carbocycles. The van der Waals surface area contributed by atoms with Gasteiger partial charge in [0.15, 0.2) is 0 Å². The zero-order valence-electron chi connectivity index (χ0n) is 9.91. The molecule has 5 nitrogen and oxygen atoms in total. The maximum Gasteiger partial charge on any atom is 0.246 e. The first-order valence-corrected chi connectivity index (χ1v) is 5.72. The Hall–Kier alpha value is -2.09. The van der Waals surface area contributed by atoms with Crippen LogP contribution in [0.2, 0.25) is 0 Å². The minimum absolute atomic E-state index is 0.0164. The van der Waals surface area contributed by atoms with Crippen LogP contribution in [0.3, 0.4) is 0 Å². The molecular formula is C11H10F2N4OS. The van der Waals surface area contributed by atoms with Gasteiger partial charge in [-0.2, -0.15) is 4.99 Å². The maximum atomic E-state index is 13.4. The summed E-state index contributed by atoms with van der Waals surface area (Å²) in [6.45, 7) is 0.187. The van der Waals surface area contributed by atoms with Gasteiger partial charge < -0.3 is 10.2 Å². The molecule has 0 unspecified atom stereocenters. The predicted molar refractivity (Wildman–Crippen MR) is 70.8 cm³/mol. The van der Waals surface area contributed by atoms with E-state index in [4.69, 9.17) is 12.2 Å². The standard InChI is InChI=1S/C11H10F2N4OS/c1-17-5-9(18)15-10(17)16-11(19)14-8-3-2-6(12)4-7(8)13/h2-4H,5H2,1H3,(H2,14,15,16,18,19). The summed E-state index contributed by atoms with van der Waals surface area (Å²) in [7, 11) is 1.66. The first kappa shape index (κ1) is 13.3. The monoisotopic (exact) mass is 284 g/mol. The van der Waals surface area contributed by atoms with E-state index in [0.29, 0.717) is 0 Å². The van der Waals surface area contributed by atoms with Gasteiger partial charge >= 0.3 is 0 Å². The molecule has 19 heavy (non-hydrogen) atoms. The molecule has 0 aromatic heterocycles. The smallest absolute Gasteiger partial charge is 0.246 e. The first-order chi connectivity index (χ1) is 8.95. The highest BCUT2D eigenvalue weighted by Crippen LogP contribution is 2.15. The quantitative estimate of drug-likeness (QED) is 0.758. The van der Waals surface area contributed by atoms with Crippen LogP contribution >= 0.6 is 12.2 Å². The Bertz CT molecular complexity index is 576. The van der Waals surface area contributed by atoms with E-state index in [1.165, 1.54) is 6.07 Å². The third-order valence-electron chi connectivity index (χ3n) is 2.37. The number of nitrogens with one attached hydrogen (secondary N) is 2. The van der Waals surface area contributed by atoms with Crippen molar-refractivity contribution in [3.8, 4) is 0 Å². The molecule has 1 amide bonds. The number of nitrogens with zero attached hydrogens (tertiary/aromatic N) is 2. The Labute approximate surface area is 113 Å². The molecule has 100 valence electrons. The van der Waals surface area contributed by atoms with Crippen LogP contribution in [0.5, 0.6) is 0 Å². The number of guanidine groups is 1. The normalized spacial score (nSPS) is 16.7. The van der Waals surface area contributed by atoms with Gasteiger partial charge in [0.05, 0.1) is 12.2 Å². The summed E-state index contributed by atoms with van der Waals surface area (Å²) in [4.78, 5) is 16.6. The molecule has 1 aromatic rings. The highest BCUT2D eigenvalue weighted by Gasteiger charge is 2.21. The third kappa shape index (κ3) is 3.22. The number of carbonyl (C=O) groups is 1. The molecule has 1 aliphatic heterocycles. The van der Waals surface area contributed by atoms with Crippen LogP contribution in [0, 0.1) is 11.6 Å². The SMILES string of the molecule is CN1CC(=O)N/C1=N/C(=S)Nc1ccc(F)cc1F. The van der Waals surface area contributed by atoms with E-state index in [2.05, 4.69) is 15.6 Å². The van der Waals surface area contributed by atoms with E-state index in [9.17, 15) is 13.6 Å². The molecule has 8 heteroatoms. The average molecular weight is 284 g/mol. The second-order valence-corrected chi connectivity index (χ2v) is 4.28. The van der Waals surface area contributed by atoms with E-state index in [-0.39, 0.29) is 29.2 Å². The summed E-state index contributed by atoms with van der Waals surface area (Å²) in [5.74, 6) is -1.36. The van der Waals surface area contributed by atoms with Crippen LogP contribution < -0.4 is 10.6 Å². The average Bonchev–Trinajstić information content (AvgIpc) is 2.61. The van der Waals surface area contributed by atoms with Crippen molar-refractivity contribution in [1.29, 1.82) is 0 Å². The molecule has 1 aliphatic rings. The number of likely N-dealkylation sites (N-methyl/N-ethyl adjacent to an activating group) is 1. The van der Waals surface area contributed by atoms with Gasteiger partial charge in [-0.15, -0.1) is 0 Å². The lowest BCUT2D eigenvalue weighted by atomic mass is 10.3. The molecule has 0 spiro atoms. The van der Waals surface area contributed by atoms with E-state index >= 15 is 0 Å². The van der Waals surface area contributed by atoms with Crippen molar-refractivity contribution in [1.82, 2.24) is 10.2 Å². The van der Waals surface area contributed by atoms with Crippen molar-refractivity contribution in [3.05, 3.63) is 29.8 Å². The van der Waals surface area contributed by atoms with Crippen molar-refractivity contribution in [2.24, 2.45) is 4.99 Å². The van der Waals surface area contributed by atoms with E-state index in [1.807, 2.05) is 0 Å². The summed E-state index contributed by atoms with van der Waals surface area (Å²) in [6.07, 6.45) is 0. The lowest BCUT2D eigenvalue weighted by molar-refractivity contribution is -0.118. The molecule has 2 rings (SSSR count). The van der Waals surface area contributed by atoms with Gasteiger partial charge in [-0.05, 0) is 24.4 Å². The number of amides is 1. The summed E-state index contributed by atoms with van der Waals surface area (Å²) >= 11 is 4.92. The van der Waals surface area contributed by atoms with Crippen LogP contribution in [-0.2, 0) is 4.79 Å². The summed E-state index contributed by atoms with van der Waals surface area (Å²) in [5.41, 5.74) is 0.0164. The zero-order chi connectivity index (χ0) is 14.0. The Morgan fingerprint density at radius 1 is 1.53 bits per heavy atom. The number of benzene rings is 1. The van der Waals surface area contributed by atoms with Crippen molar-refractivity contribution >= 4 is 34.9 Å². The second kappa shape index (κ2) is 5.27. The molecule has 2 N–H and O–H groups in total. The maximum absolute atomic E-state index is 13.4. The fraction of sp³-hybridized carbons (Fsp3) is 0.182. The van der Waals surface area contributed by atoms with E-state index in [1.54, 1.807) is 11.9 Å². The van der Waals surface area contributed by atoms with Crippen LogP contribution in [-0.4, -0.2) is 35.5 Å². The molecule has 1 aromatic carbocycles. The Balaban J connectivity index is 2.09. The Morgan fingerprint density at radius 2 is 2.26 bits per heavy atom. The summed E-state index contributed by atoms with van der Waals surface area (Å²) < 4.78 is 26.1. The number of halogens is 2. The number of hydrogen-bond acceptors (Lipinski definition) is 2.